The van der Waals surface area contributed by atoms with Gasteiger partial charge in [0.15, 0.2) is 0 Å². The number of carbonyl (C=O) groups excluding carboxylic acids is 1. The van der Waals surface area contributed by atoms with Gasteiger partial charge in [0, 0.05) is 11.8 Å². The molecule has 2 aromatic heterocycles. The van der Waals surface area contributed by atoms with Crippen LogP contribution in [-0.2, 0) is 11.2 Å². The van der Waals surface area contributed by atoms with Crippen LogP contribution >= 0.6 is 11.3 Å². The summed E-state index contributed by atoms with van der Waals surface area (Å²) in [6.07, 6.45) is 0.958. The molecule has 84 valence electrons. The van der Waals surface area contributed by atoms with Gasteiger partial charge in [-0.3, -0.25) is 0 Å². The topological polar surface area (TPSA) is 69.9 Å². The van der Waals surface area contributed by atoms with Crippen molar-refractivity contribution >= 4 is 17.3 Å². The average Bonchev–Trinajstić information content (AvgIpc) is 2.84. The number of hydrogen-bond donors (Lipinski definition) is 0. The van der Waals surface area contributed by atoms with Gasteiger partial charge in [0.05, 0.1) is 4.88 Å². The van der Waals surface area contributed by atoms with E-state index < -0.39 is 5.97 Å². The summed E-state index contributed by atoms with van der Waals surface area (Å²) in [6, 6.07) is 3.92. The van der Waals surface area contributed by atoms with Crippen molar-refractivity contribution < 1.29 is 9.63 Å². The minimum atomic E-state index is -0.458. The van der Waals surface area contributed by atoms with E-state index in [9.17, 15) is 4.79 Å². The van der Waals surface area contributed by atoms with E-state index in [2.05, 4.69) is 22.4 Å². The Morgan fingerprint density at radius 2 is 2.38 bits per heavy atom. The van der Waals surface area contributed by atoms with Crippen LogP contribution in [0.15, 0.2) is 12.1 Å². The Morgan fingerprint density at radius 1 is 1.56 bits per heavy atom. The molecular weight excluding hydrogens is 228 g/mol. The van der Waals surface area contributed by atoms with Gasteiger partial charge < -0.3 is 4.84 Å². The van der Waals surface area contributed by atoms with Crippen molar-refractivity contribution in [2.75, 3.05) is 0 Å². The Bertz CT molecular complexity index is 505. The molecule has 0 saturated heterocycles. The molecule has 0 unspecified atom stereocenters. The van der Waals surface area contributed by atoms with Crippen LogP contribution < -0.4 is 4.84 Å². The molecule has 0 aliphatic carbocycles. The van der Waals surface area contributed by atoms with Gasteiger partial charge in [0.1, 0.15) is 0 Å². The van der Waals surface area contributed by atoms with Gasteiger partial charge in [-0.1, -0.05) is 6.92 Å². The molecule has 0 aliphatic heterocycles. The zero-order chi connectivity index (χ0) is 11.5. The number of nitrogens with zero attached hydrogens (tertiary/aromatic N) is 4. The Morgan fingerprint density at radius 3 is 3.00 bits per heavy atom. The Balaban J connectivity index is 2.32. The second-order valence-corrected chi connectivity index (χ2v) is 4.25. The molecule has 0 atom stereocenters. The van der Waals surface area contributed by atoms with E-state index in [-0.39, 0.29) is 0 Å². The monoisotopic (exact) mass is 238 g/mol. The second kappa shape index (κ2) is 4.40. The van der Waals surface area contributed by atoms with Crippen LogP contribution in [0.3, 0.4) is 0 Å². The molecule has 6 nitrogen and oxygen atoms in total. The van der Waals surface area contributed by atoms with E-state index in [1.54, 1.807) is 11.3 Å². The molecule has 2 aromatic rings. The first-order chi connectivity index (χ1) is 7.70. The largest absolute Gasteiger partial charge is 0.332 e. The molecule has 16 heavy (non-hydrogen) atoms. The van der Waals surface area contributed by atoms with E-state index in [4.69, 9.17) is 4.84 Å². The number of aromatic nitrogens is 4. The molecule has 0 amide bonds. The maximum Gasteiger partial charge on any atom is 0.332 e. The summed E-state index contributed by atoms with van der Waals surface area (Å²) in [5.41, 5.74) is 0. The van der Waals surface area contributed by atoms with Crippen LogP contribution in [-0.4, -0.2) is 26.3 Å². The normalized spacial score (nSPS) is 10.4. The number of tetrazole rings is 1. The lowest BCUT2D eigenvalue weighted by atomic mass is 10.3. The lowest BCUT2D eigenvalue weighted by molar-refractivity contribution is -0.143. The van der Waals surface area contributed by atoms with Crippen molar-refractivity contribution in [2.45, 2.75) is 20.3 Å². The van der Waals surface area contributed by atoms with Crippen molar-refractivity contribution in [2.24, 2.45) is 0 Å². The van der Waals surface area contributed by atoms with Gasteiger partial charge in [-0.05, 0) is 33.8 Å². The number of hydrogen-bond acceptors (Lipinski definition) is 6. The van der Waals surface area contributed by atoms with Crippen LogP contribution in [0.25, 0.3) is 10.7 Å². The smallest absolute Gasteiger partial charge is 0.316 e. The zero-order valence-electron chi connectivity index (χ0n) is 8.88. The Hall–Kier alpha value is -1.76. The quantitative estimate of drug-likeness (QED) is 0.744. The fourth-order valence-electron chi connectivity index (χ4n) is 1.19. The summed E-state index contributed by atoms with van der Waals surface area (Å²) < 4.78 is 0. The van der Waals surface area contributed by atoms with E-state index in [0.717, 1.165) is 16.1 Å². The molecule has 7 heteroatoms. The maximum atomic E-state index is 10.8. The third kappa shape index (κ3) is 2.08. The maximum absolute atomic E-state index is 10.8. The molecule has 2 rings (SSSR count). The van der Waals surface area contributed by atoms with E-state index >= 15 is 0 Å². The minimum Gasteiger partial charge on any atom is -0.316 e. The predicted octanol–water partition coefficient (Wildman–Crippen LogP) is 0.939. The number of thiophene rings is 1. The lowest BCUT2D eigenvalue weighted by Gasteiger charge is -1.99. The van der Waals surface area contributed by atoms with Crippen LogP contribution in [0, 0.1) is 0 Å². The van der Waals surface area contributed by atoms with Crippen LogP contribution in [0.1, 0.15) is 18.7 Å². The van der Waals surface area contributed by atoms with E-state index in [1.807, 2.05) is 12.1 Å². The molecule has 2 heterocycles. The van der Waals surface area contributed by atoms with Crippen LogP contribution in [0.5, 0.6) is 0 Å². The van der Waals surface area contributed by atoms with Gasteiger partial charge in [0.2, 0.25) is 5.82 Å². The third-order valence-electron chi connectivity index (χ3n) is 1.89. The van der Waals surface area contributed by atoms with Gasteiger partial charge in [-0.25, -0.2) is 4.79 Å². The summed E-state index contributed by atoms with van der Waals surface area (Å²) in [7, 11) is 0. The van der Waals surface area contributed by atoms with Crippen LogP contribution in [0.2, 0.25) is 0 Å². The average molecular weight is 238 g/mol. The van der Waals surface area contributed by atoms with Crippen molar-refractivity contribution in [3.05, 3.63) is 17.0 Å². The van der Waals surface area contributed by atoms with Crippen molar-refractivity contribution in [3.8, 4) is 10.7 Å². The first-order valence-electron chi connectivity index (χ1n) is 4.77. The SMILES string of the molecule is CCc1ccc(-c2nnnn2OC(C)=O)s1. The van der Waals surface area contributed by atoms with Gasteiger partial charge >= 0.3 is 5.97 Å². The lowest BCUT2D eigenvalue weighted by Crippen LogP contribution is -2.18. The highest BCUT2D eigenvalue weighted by atomic mass is 32.1. The molecule has 0 N–H and O–H groups in total. The Kier molecular flexibility index (Phi) is 2.95. The minimum absolute atomic E-state index is 0.444. The molecular formula is C9H10N4O2S. The van der Waals surface area contributed by atoms with Crippen LogP contribution in [0.4, 0.5) is 0 Å². The zero-order valence-corrected chi connectivity index (χ0v) is 9.69. The fraction of sp³-hybridized carbons (Fsp3) is 0.333. The first-order valence-corrected chi connectivity index (χ1v) is 5.58. The molecule has 0 aliphatic rings. The number of carbonyl (C=O) groups is 1. The third-order valence-corrected chi connectivity index (χ3v) is 3.11. The summed E-state index contributed by atoms with van der Waals surface area (Å²) >= 11 is 1.58. The molecule has 0 saturated carbocycles. The van der Waals surface area contributed by atoms with E-state index in [0.29, 0.717) is 5.82 Å². The highest BCUT2D eigenvalue weighted by molar-refractivity contribution is 7.15. The summed E-state index contributed by atoms with van der Waals surface area (Å²) in [5.74, 6) is -0.0132. The molecule has 0 radical (unpaired) electrons. The van der Waals surface area contributed by atoms with Crippen molar-refractivity contribution in [3.63, 3.8) is 0 Å². The summed E-state index contributed by atoms with van der Waals surface area (Å²) in [4.78, 5) is 18.8. The molecule has 0 bridgehead atoms. The van der Waals surface area contributed by atoms with Gasteiger partial charge in [-0.2, -0.15) is 0 Å². The molecule has 0 aromatic carbocycles. The number of aryl methyl sites for hydroxylation is 1. The fourth-order valence-corrected chi connectivity index (χ4v) is 2.10. The number of rotatable bonds is 3. The summed E-state index contributed by atoms with van der Waals surface area (Å²) in [5, 5.41) is 10.9. The molecule has 0 spiro atoms. The van der Waals surface area contributed by atoms with Gasteiger partial charge in [0.25, 0.3) is 0 Å². The van der Waals surface area contributed by atoms with Crippen molar-refractivity contribution in [1.29, 1.82) is 0 Å². The highest BCUT2D eigenvalue weighted by Crippen LogP contribution is 2.25. The predicted molar refractivity (Wildman–Crippen MR) is 57.8 cm³/mol. The first kappa shape index (κ1) is 10.7. The standard InChI is InChI=1S/C9H10N4O2S/c1-3-7-4-5-8(16-7)9-10-11-12-13(9)15-6(2)14/h4-5H,3H2,1-2H3. The summed E-state index contributed by atoms with van der Waals surface area (Å²) in [6.45, 7) is 3.38. The van der Waals surface area contributed by atoms with E-state index in [1.165, 1.54) is 11.8 Å². The highest BCUT2D eigenvalue weighted by Gasteiger charge is 2.13. The molecule has 0 fully saturated rings. The second-order valence-electron chi connectivity index (χ2n) is 3.08. The Labute approximate surface area is 95.8 Å². The van der Waals surface area contributed by atoms with Crippen molar-refractivity contribution in [1.82, 2.24) is 20.4 Å². The van der Waals surface area contributed by atoms with Gasteiger partial charge in [-0.15, -0.1) is 16.4 Å².